The maximum atomic E-state index is 11.3. The summed E-state index contributed by atoms with van der Waals surface area (Å²) in [6.45, 7) is 0. The van der Waals surface area contributed by atoms with Crippen LogP contribution in [0.5, 0.6) is 0 Å². The number of carbonyl (C=O) groups is 1. The lowest BCUT2D eigenvalue weighted by atomic mass is 9.90. The van der Waals surface area contributed by atoms with Crippen molar-refractivity contribution in [2.45, 2.75) is 37.8 Å². The molecule has 0 bridgehead atoms. The third-order valence-electron chi connectivity index (χ3n) is 3.44. The van der Waals surface area contributed by atoms with Crippen molar-refractivity contribution in [3.63, 3.8) is 0 Å². The lowest BCUT2D eigenvalue weighted by Crippen LogP contribution is -2.33. The van der Waals surface area contributed by atoms with Crippen molar-refractivity contribution < 1.29 is 4.79 Å². The molecule has 2 radical (unpaired) electrons. The quantitative estimate of drug-likeness (QED) is 0.666. The second-order valence-electron chi connectivity index (χ2n) is 4.93. The van der Waals surface area contributed by atoms with E-state index >= 15 is 0 Å². The van der Waals surface area contributed by atoms with Crippen LogP contribution >= 0.6 is 0 Å². The van der Waals surface area contributed by atoms with Gasteiger partial charge in [0.05, 0.1) is 5.56 Å². The van der Waals surface area contributed by atoms with Gasteiger partial charge in [-0.05, 0) is 37.8 Å². The van der Waals surface area contributed by atoms with E-state index in [1.165, 1.54) is 0 Å². The van der Waals surface area contributed by atoms with Gasteiger partial charge >= 0.3 is 0 Å². The zero-order valence-electron chi connectivity index (χ0n) is 10.4. The highest BCUT2D eigenvalue weighted by Crippen LogP contribution is 2.22. The van der Waals surface area contributed by atoms with Crippen LogP contribution in [0, 0.1) is 0 Å². The molecule has 2 rings (SSSR count). The van der Waals surface area contributed by atoms with E-state index < -0.39 is 5.91 Å². The Morgan fingerprint density at radius 1 is 1.28 bits per heavy atom. The largest absolute Gasteiger partial charge is 0.382 e. The van der Waals surface area contributed by atoms with Crippen LogP contribution in [0.15, 0.2) is 18.2 Å². The molecule has 4 nitrogen and oxygen atoms in total. The summed E-state index contributed by atoms with van der Waals surface area (Å²) >= 11 is 0. The van der Waals surface area contributed by atoms with Crippen molar-refractivity contribution in [2.75, 3.05) is 5.32 Å². The fourth-order valence-corrected chi connectivity index (χ4v) is 2.38. The van der Waals surface area contributed by atoms with E-state index in [2.05, 4.69) is 5.32 Å². The highest BCUT2D eigenvalue weighted by atomic mass is 16.1. The Balaban J connectivity index is 2.12. The second-order valence-corrected chi connectivity index (χ2v) is 4.93. The Bertz CT molecular complexity index is 442. The number of nitrogens with two attached hydrogens (primary N) is 2. The smallest absolute Gasteiger partial charge is 0.250 e. The van der Waals surface area contributed by atoms with Gasteiger partial charge in [-0.3, -0.25) is 4.79 Å². The first kappa shape index (κ1) is 13.0. The fourth-order valence-electron chi connectivity index (χ4n) is 2.38. The molecule has 1 saturated carbocycles. The topological polar surface area (TPSA) is 81.1 Å². The fraction of sp³-hybridized carbons (Fsp3) is 0.462. The van der Waals surface area contributed by atoms with Gasteiger partial charge in [0, 0.05) is 17.8 Å². The van der Waals surface area contributed by atoms with Crippen molar-refractivity contribution in [3.8, 4) is 0 Å². The van der Waals surface area contributed by atoms with Crippen LogP contribution in [-0.2, 0) is 0 Å². The number of hydrogen-bond acceptors (Lipinski definition) is 3. The predicted octanol–water partition coefficient (Wildman–Crippen LogP) is 0.261. The Hall–Kier alpha value is -1.49. The molecule has 1 fully saturated rings. The third kappa shape index (κ3) is 3.04. The monoisotopic (exact) mass is 243 g/mol. The molecule has 5 N–H and O–H groups in total. The first-order chi connectivity index (χ1) is 8.56. The van der Waals surface area contributed by atoms with E-state index in [1.54, 1.807) is 18.2 Å². The Morgan fingerprint density at radius 3 is 2.56 bits per heavy atom. The number of anilines is 1. The zero-order chi connectivity index (χ0) is 13.1. The normalized spacial score (nSPS) is 23.6. The number of amides is 1. The number of carbonyl (C=O) groups excluding carboxylic acids is 1. The molecule has 0 unspecified atom stereocenters. The van der Waals surface area contributed by atoms with E-state index in [9.17, 15) is 4.79 Å². The first-order valence-electron chi connectivity index (χ1n) is 6.27. The summed E-state index contributed by atoms with van der Waals surface area (Å²) in [5, 5.41) is 3.36. The average molecular weight is 243 g/mol. The Kier molecular flexibility index (Phi) is 3.92. The number of primary amides is 1. The van der Waals surface area contributed by atoms with Crippen molar-refractivity contribution in [3.05, 3.63) is 23.8 Å². The van der Waals surface area contributed by atoms with Gasteiger partial charge in [0.25, 0.3) is 5.91 Å². The van der Waals surface area contributed by atoms with Gasteiger partial charge < -0.3 is 16.8 Å². The van der Waals surface area contributed by atoms with Gasteiger partial charge in [-0.15, -0.1) is 0 Å². The molecule has 0 heterocycles. The molecule has 1 aromatic rings. The summed E-state index contributed by atoms with van der Waals surface area (Å²) < 4.78 is 0. The van der Waals surface area contributed by atoms with Crippen LogP contribution in [0.3, 0.4) is 0 Å². The molecular formula is C13H18BN3O. The minimum absolute atomic E-state index is 0.305. The standard InChI is InChI=1S/C13H18BN3O/c14-8-1-6-11(13(16)18)12(7-8)17-10-4-2-9(15)3-5-10/h1,6-7,9-10,17H,2-5,15H2,(H2,16,18). The molecule has 1 aliphatic rings. The first-order valence-corrected chi connectivity index (χ1v) is 6.27. The maximum absolute atomic E-state index is 11.3. The van der Waals surface area contributed by atoms with E-state index in [1.807, 2.05) is 0 Å². The molecule has 18 heavy (non-hydrogen) atoms. The summed E-state index contributed by atoms with van der Waals surface area (Å²) in [6, 6.07) is 5.75. The lowest BCUT2D eigenvalue weighted by molar-refractivity contribution is 0.100. The average Bonchev–Trinajstić information content (AvgIpc) is 2.32. The Labute approximate surface area is 109 Å². The van der Waals surface area contributed by atoms with Gasteiger partial charge in [-0.2, -0.15) is 0 Å². The summed E-state index contributed by atoms with van der Waals surface area (Å²) in [4.78, 5) is 11.3. The molecule has 1 aliphatic carbocycles. The molecule has 1 aromatic carbocycles. The SMILES string of the molecule is [B]c1ccc(C(N)=O)c(NC2CCC(N)CC2)c1. The van der Waals surface area contributed by atoms with Gasteiger partial charge in [0.15, 0.2) is 0 Å². The van der Waals surface area contributed by atoms with Crippen LogP contribution in [0.2, 0.25) is 0 Å². The van der Waals surface area contributed by atoms with E-state index in [0.717, 1.165) is 31.4 Å². The van der Waals surface area contributed by atoms with Crippen LogP contribution < -0.4 is 22.2 Å². The molecule has 94 valence electrons. The Morgan fingerprint density at radius 2 is 1.94 bits per heavy atom. The number of hydrogen-bond donors (Lipinski definition) is 3. The molecule has 0 spiro atoms. The highest BCUT2D eigenvalue weighted by Gasteiger charge is 2.19. The van der Waals surface area contributed by atoms with E-state index in [0.29, 0.717) is 23.1 Å². The molecule has 0 atom stereocenters. The van der Waals surface area contributed by atoms with Crippen LogP contribution in [0.1, 0.15) is 36.0 Å². The number of nitrogens with one attached hydrogen (secondary N) is 1. The van der Waals surface area contributed by atoms with E-state index in [4.69, 9.17) is 19.3 Å². The summed E-state index contributed by atoms with van der Waals surface area (Å²) in [5.41, 5.74) is 13.1. The van der Waals surface area contributed by atoms with E-state index in [-0.39, 0.29) is 0 Å². The second kappa shape index (κ2) is 5.44. The van der Waals surface area contributed by atoms with Crippen molar-refractivity contribution >= 4 is 24.9 Å². The van der Waals surface area contributed by atoms with Crippen molar-refractivity contribution in [2.24, 2.45) is 11.5 Å². The number of benzene rings is 1. The molecule has 0 aromatic heterocycles. The van der Waals surface area contributed by atoms with Gasteiger partial charge in [-0.25, -0.2) is 0 Å². The van der Waals surface area contributed by atoms with Gasteiger partial charge in [0.1, 0.15) is 7.85 Å². The maximum Gasteiger partial charge on any atom is 0.250 e. The summed E-state index contributed by atoms with van der Waals surface area (Å²) in [5.74, 6) is -0.440. The molecule has 0 saturated heterocycles. The minimum Gasteiger partial charge on any atom is -0.382 e. The zero-order valence-corrected chi connectivity index (χ0v) is 10.4. The summed E-state index contributed by atoms with van der Waals surface area (Å²) in [6.07, 6.45) is 4.03. The third-order valence-corrected chi connectivity index (χ3v) is 3.44. The molecule has 1 amide bonds. The minimum atomic E-state index is -0.440. The van der Waals surface area contributed by atoms with Gasteiger partial charge in [0.2, 0.25) is 0 Å². The number of rotatable bonds is 3. The van der Waals surface area contributed by atoms with Crippen LogP contribution in [0.25, 0.3) is 0 Å². The van der Waals surface area contributed by atoms with Crippen LogP contribution in [-0.4, -0.2) is 25.8 Å². The van der Waals surface area contributed by atoms with Crippen molar-refractivity contribution in [1.29, 1.82) is 0 Å². The van der Waals surface area contributed by atoms with Crippen molar-refractivity contribution in [1.82, 2.24) is 0 Å². The van der Waals surface area contributed by atoms with Gasteiger partial charge in [-0.1, -0.05) is 11.5 Å². The molecular weight excluding hydrogens is 225 g/mol. The highest BCUT2D eigenvalue weighted by molar-refractivity contribution is 6.32. The molecule has 0 aliphatic heterocycles. The molecule has 5 heteroatoms. The lowest BCUT2D eigenvalue weighted by Gasteiger charge is -2.28. The predicted molar refractivity (Wildman–Crippen MR) is 74.2 cm³/mol. The summed E-state index contributed by atoms with van der Waals surface area (Å²) in [7, 11) is 5.74. The van der Waals surface area contributed by atoms with Crippen LogP contribution in [0.4, 0.5) is 5.69 Å².